The molecule has 0 aliphatic rings. The zero-order valence-electron chi connectivity index (χ0n) is 11.6. The Bertz CT molecular complexity index is 812. The average Bonchev–Trinajstić information content (AvgIpc) is 2.46. The van der Waals surface area contributed by atoms with Gasteiger partial charge >= 0.3 is 0 Å². The summed E-state index contributed by atoms with van der Waals surface area (Å²) < 4.78 is 0. The Kier molecular flexibility index (Phi) is 3.23. The Balaban J connectivity index is 2.27. The summed E-state index contributed by atoms with van der Waals surface area (Å²) >= 11 is 0. The lowest BCUT2D eigenvalue weighted by molar-refractivity contribution is 1.21. The Morgan fingerprint density at radius 3 is 2.57 bits per heavy atom. The van der Waals surface area contributed by atoms with Crippen molar-refractivity contribution in [1.29, 1.82) is 5.41 Å². The fourth-order valence-electron chi connectivity index (χ4n) is 2.23. The molecule has 0 atom stereocenters. The molecule has 1 aromatic heterocycles. The number of nitrogens with one attached hydrogen (secondary N) is 2. The van der Waals surface area contributed by atoms with Crippen LogP contribution in [-0.2, 0) is 0 Å². The van der Waals surface area contributed by atoms with E-state index in [0.29, 0.717) is 5.95 Å². The predicted octanol–water partition coefficient (Wildman–Crippen LogP) is 2.91. The fraction of sp³-hybridized carbons (Fsp3) is 0.0625. The number of hydrogen-bond donors (Lipinski definition) is 3. The lowest BCUT2D eigenvalue weighted by Crippen LogP contribution is -2.22. The van der Waals surface area contributed by atoms with Gasteiger partial charge in [-0.2, -0.15) is 0 Å². The van der Waals surface area contributed by atoms with E-state index in [4.69, 9.17) is 11.1 Å². The molecule has 4 N–H and O–H groups in total. The van der Waals surface area contributed by atoms with Crippen LogP contribution in [0.3, 0.4) is 0 Å². The number of aromatic nitrogens is 2. The first-order valence-corrected chi connectivity index (χ1v) is 6.58. The minimum absolute atomic E-state index is 0.180. The van der Waals surface area contributed by atoms with E-state index in [2.05, 4.69) is 15.3 Å². The predicted molar refractivity (Wildman–Crippen MR) is 85.2 cm³/mol. The highest BCUT2D eigenvalue weighted by molar-refractivity contribution is 5.95. The van der Waals surface area contributed by atoms with Gasteiger partial charge in [-0.25, -0.2) is 9.97 Å². The SMILES string of the molecule is Cc1ccc2c(-c3ccccc3)nc(NC(=N)N)nc2c1. The Labute approximate surface area is 122 Å². The Morgan fingerprint density at radius 1 is 1.10 bits per heavy atom. The highest BCUT2D eigenvalue weighted by Gasteiger charge is 2.10. The molecule has 0 spiro atoms. The molecule has 0 bridgehead atoms. The zero-order valence-corrected chi connectivity index (χ0v) is 11.6. The number of nitrogens with two attached hydrogens (primary N) is 1. The average molecular weight is 277 g/mol. The number of fused-ring (bicyclic) bond motifs is 1. The summed E-state index contributed by atoms with van der Waals surface area (Å²) in [4.78, 5) is 8.92. The van der Waals surface area contributed by atoms with Crippen LogP contribution >= 0.6 is 0 Å². The second-order valence-electron chi connectivity index (χ2n) is 4.82. The van der Waals surface area contributed by atoms with Crippen LogP contribution in [0.15, 0.2) is 48.5 Å². The molecule has 1 heterocycles. The van der Waals surface area contributed by atoms with Crippen LogP contribution in [0.5, 0.6) is 0 Å². The third-order valence-electron chi connectivity index (χ3n) is 3.15. The van der Waals surface area contributed by atoms with Gasteiger partial charge in [-0.05, 0) is 18.6 Å². The van der Waals surface area contributed by atoms with E-state index in [-0.39, 0.29) is 5.96 Å². The number of hydrogen-bond acceptors (Lipinski definition) is 3. The molecule has 0 radical (unpaired) electrons. The Morgan fingerprint density at radius 2 is 1.86 bits per heavy atom. The smallest absolute Gasteiger partial charge is 0.230 e. The number of aryl methyl sites for hydroxylation is 1. The zero-order chi connectivity index (χ0) is 14.8. The highest BCUT2D eigenvalue weighted by Crippen LogP contribution is 2.27. The van der Waals surface area contributed by atoms with E-state index >= 15 is 0 Å². The lowest BCUT2D eigenvalue weighted by atomic mass is 10.1. The molecular formula is C16H15N5. The number of nitrogens with zero attached hydrogens (tertiary/aromatic N) is 2. The van der Waals surface area contributed by atoms with Gasteiger partial charge in [0.25, 0.3) is 0 Å². The summed E-state index contributed by atoms with van der Waals surface area (Å²) in [5.74, 6) is 0.153. The van der Waals surface area contributed by atoms with E-state index in [1.807, 2.05) is 55.5 Å². The van der Waals surface area contributed by atoms with Crippen molar-refractivity contribution in [1.82, 2.24) is 9.97 Å². The summed E-state index contributed by atoms with van der Waals surface area (Å²) in [6.45, 7) is 2.02. The molecular weight excluding hydrogens is 262 g/mol. The normalized spacial score (nSPS) is 10.5. The van der Waals surface area contributed by atoms with Crippen LogP contribution in [0, 0.1) is 12.3 Å². The van der Waals surface area contributed by atoms with Gasteiger partial charge in [0.1, 0.15) is 0 Å². The molecule has 2 aromatic carbocycles. The van der Waals surface area contributed by atoms with E-state index in [9.17, 15) is 0 Å². The molecule has 104 valence electrons. The van der Waals surface area contributed by atoms with Crippen LogP contribution in [0.1, 0.15) is 5.56 Å². The third kappa shape index (κ3) is 2.67. The van der Waals surface area contributed by atoms with Gasteiger partial charge in [-0.3, -0.25) is 10.7 Å². The molecule has 0 aliphatic heterocycles. The molecule has 0 saturated heterocycles. The monoisotopic (exact) mass is 277 g/mol. The summed E-state index contributed by atoms with van der Waals surface area (Å²) in [6, 6.07) is 15.9. The molecule has 21 heavy (non-hydrogen) atoms. The summed E-state index contributed by atoms with van der Waals surface area (Å²) in [6.07, 6.45) is 0. The van der Waals surface area contributed by atoms with Crippen LogP contribution in [0.2, 0.25) is 0 Å². The highest BCUT2D eigenvalue weighted by atomic mass is 15.2. The molecule has 0 amide bonds. The molecule has 3 rings (SSSR count). The standard InChI is InChI=1S/C16H15N5/c1-10-7-8-12-13(9-10)19-16(21-15(17)18)20-14(12)11-5-3-2-4-6-11/h2-9H,1H3,(H4,17,18,19,20,21). The van der Waals surface area contributed by atoms with Crippen molar-refractivity contribution in [3.05, 3.63) is 54.1 Å². The summed E-state index contributed by atoms with van der Waals surface area (Å²) in [7, 11) is 0. The van der Waals surface area contributed by atoms with Crippen molar-refractivity contribution in [3.63, 3.8) is 0 Å². The first-order valence-electron chi connectivity index (χ1n) is 6.58. The van der Waals surface area contributed by atoms with Gasteiger partial charge in [0.05, 0.1) is 11.2 Å². The fourth-order valence-corrected chi connectivity index (χ4v) is 2.23. The maximum absolute atomic E-state index is 7.34. The number of anilines is 1. The van der Waals surface area contributed by atoms with Gasteiger partial charge < -0.3 is 5.73 Å². The first kappa shape index (κ1) is 13.1. The minimum Gasteiger partial charge on any atom is -0.370 e. The maximum atomic E-state index is 7.34. The topological polar surface area (TPSA) is 87.7 Å². The van der Waals surface area contributed by atoms with Gasteiger partial charge in [0, 0.05) is 10.9 Å². The number of benzene rings is 2. The van der Waals surface area contributed by atoms with E-state index in [1.165, 1.54) is 0 Å². The van der Waals surface area contributed by atoms with Crippen molar-refractivity contribution >= 4 is 22.8 Å². The van der Waals surface area contributed by atoms with Crippen molar-refractivity contribution in [2.24, 2.45) is 5.73 Å². The van der Waals surface area contributed by atoms with Gasteiger partial charge in [-0.15, -0.1) is 0 Å². The molecule has 3 aromatic rings. The number of guanidine groups is 1. The number of rotatable bonds is 2. The second-order valence-corrected chi connectivity index (χ2v) is 4.82. The largest absolute Gasteiger partial charge is 0.370 e. The molecule has 0 unspecified atom stereocenters. The van der Waals surface area contributed by atoms with E-state index < -0.39 is 0 Å². The summed E-state index contributed by atoms with van der Waals surface area (Å²) in [5, 5.41) is 11.0. The van der Waals surface area contributed by atoms with Crippen molar-refractivity contribution in [2.75, 3.05) is 5.32 Å². The van der Waals surface area contributed by atoms with Gasteiger partial charge in [0.2, 0.25) is 5.95 Å². The maximum Gasteiger partial charge on any atom is 0.230 e. The van der Waals surface area contributed by atoms with Crippen LogP contribution in [0.25, 0.3) is 22.2 Å². The van der Waals surface area contributed by atoms with E-state index in [0.717, 1.165) is 27.7 Å². The van der Waals surface area contributed by atoms with E-state index in [1.54, 1.807) is 0 Å². The van der Waals surface area contributed by atoms with Crippen LogP contribution < -0.4 is 11.1 Å². The first-order chi connectivity index (χ1) is 10.1. The molecule has 0 fully saturated rings. The second kappa shape index (κ2) is 5.20. The summed E-state index contributed by atoms with van der Waals surface area (Å²) in [5.41, 5.74) is 9.15. The molecule has 0 saturated carbocycles. The minimum atomic E-state index is -0.180. The van der Waals surface area contributed by atoms with Crippen LogP contribution in [0.4, 0.5) is 5.95 Å². The van der Waals surface area contributed by atoms with Crippen molar-refractivity contribution < 1.29 is 0 Å². The lowest BCUT2D eigenvalue weighted by Gasteiger charge is -2.10. The Hall–Kier alpha value is -2.95. The molecule has 5 nitrogen and oxygen atoms in total. The van der Waals surface area contributed by atoms with Crippen molar-refractivity contribution in [2.45, 2.75) is 6.92 Å². The van der Waals surface area contributed by atoms with Gasteiger partial charge in [0.15, 0.2) is 5.96 Å². The van der Waals surface area contributed by atoms with Crippen molar-refractivity contribution in [3.8, 4) is 11.3 Å². The van der Waals surface area contributed by atoms with Crippen LogP contribution in [-0.4, -0.2) is 15.9 Å². The quantitative estimate of drug-likeness (QED) is 0.496. The third-order valence-corrected chi connectivity index (χ3v) is 3.15. The molecule has 0 aliphatic carbocycles. The van der Waals surface area contributed by atoms with Gasteiger partial charge in [-0.1, -0.05) is 42.5 Å². The molecule has 5 heteroatoms.